The molecule has 0 atom stereocenters. The van der Waals surface area contributed by atoms with Crippen LogP contribution in [0.2, 0.25) is 0 Å². The molecule has 0 bridgehead atoms. The van der Waals surface area contributed by atoms with Crippen molar-refractivity contribution in [1.29, 1.82) is 0 Å². The number of aromatic nitrogens is 2. The molecule has 0 saturated carbocycles. The molecule has 2 aliphatic rings. The van der Waals surface area contributed by atoms with Crippen LogP contribution >= 0.6 is 0 Å². The Hall–Kier alpha value is -13.0. The van der Waals surface area contributed by atoms with Gasteiger partial charge in [0.05, 0.1) is 33.4 Å². The van der Waals surface area contributed by atoms with Gasteiger partial charge in [0, 0.05) is 77.9 Å². The fourth-order valence-electron chi connectivity index (χ4n) is 16.6. The van der Waals surface area contributed by atoms with Crippen molar-refractivity contribution in [1.82, 2.24) is 9.13 Å². The number of para-hydroxylation sites is 6. The number of fused-ring (bicyclic) bond motifs is 11. The molecule has 0 unspecified atom stereocenters. The monoisotopic (exact) mass is 1260 g/mol. The van der Waals surface area contributed by atoms with Crippen LogP contribution in [-0.4, -0.2) is 15.8 Å². The molecule has 4 heterocycles. The number of hydrogen-bond donors (Lipinski definition) is 0. The van der Waals surface area contributed by atoms with E-state index < -0.39 is 0 Å². The Bertz CT molecular complexity index is 5690. The summed E-state index contributed by atoms with van der Waals surface area (Å²) in [5, 5.41) is 7.35. The van der Waals surface area contributed by atoms with Crippen molar-refractivity contribution in [3.05, 3.63) is 370 Å². The number of hydrogen-bond acceptors (Lipinski definition) is 2. The molecule has 4 nitrogen and oxygen atoms in total. The lowest BCUT2D eigenvalue weighted by Gasteiger charge is -2.46. The van der Waals surface area contributed by atoms with Crippen molar-refractivity contribution in [2.75, 3.05) is 9.80 Å². The van der Waals surface area contributed by atoms with E-state index in [0.717, 1.165) is 123 Å². The highest BCUT2D eigenvalue weighted by Gasteiger charge is 2.46. The molecule has 16 aromatic carbocycles. The predicted octanol–water partition coefficient (Wildman–Crippen LogP) is 23.1. The van der Waals surface area contributed by atoms with E-state index in [0.29, 0.717) is 0 Å². The molecule has 2 aliphatic heterocycles. The lowest BCUT2D eigenvalue weighted by molar-refractivity contribution is 1.17. The van der Waals surface area contributed by atoms with Gasteiger partial charge in [-0.1, -0.05) is 309 Å². The molecule has 18 aromatic rings. The van der Waals surface area contributed by atoms with Crippen molar-refractivity contribution in [3.63, 3.8) is 0 Å². The van der Waals surface area contributed by atoms with Crippen LogP contribution in [0.1, 0.15) is 0 Å². The van der Waals surface area contributed by atoms with Crippen molar-refractivity contribution in [2.45, 2.75) is 0 Å². The van der Waals surface area contributed by atoms with E-state index in [2.05, 4.69) is 389 Å². The van der Waals surface area contributed by atoms with Gasteiger partial charge in [0.1, 0.15) is 0 Å². The van der Waals surface area contributed by atoms with Gasteiger partial charge in [-0.15, -0.1) is 0 Å². The SMILES string of the molecule is c1ccc(-c2cccc(-c3ccccc3)c2N2c3cc(-n4c5ccccc5c5ccccc54)ccc3B3c4ccc(-n5c6ccccc6c6ccccc65)cc4N(c4c(-c5ccccc5)cccc4-c4ccccc4)c4cc(-c5ccc(-c6cccc7ccccc67)cc5)cc2c43)cc1. The summed E-state index contributed by atoms with van der Waals surface area (Å²) in [7, 11) is 0. The molecule has 20 rings (SSSR count). The summed E-state index contributed by atoms with van der Waals surface area (Å²) in [6, 6.07) is 138. The van der Waals surface area contributed by atoms with Gasteiger partial charge < -0.3 is 18.9 Å². The first-order valence-corrected chi connectivity index (χ1v) is 34.3. The summed E-state index contributed by atoms with van der Waals surface area (Å²) >= 11 is 0. The van der Waals surface area contributed by atoms with Gasteiger partial charge in [-0.3, -0.25) is 0 Å². The molecule has 0 N–H and O–H groups in total. The van der Waals surface area contributed by atoms with Gasteiger partial charge in [0.2, 0.25) is 0 Å². The molecular formula is C94H61BN4. The Morgan fingerprint density at radius 3 is 0.919 bits per heavy atom. The average Bonchev–Trinajstić information content (AvgIpc) is 0.834. The predicted molar refractivity (Wildman–Crippen MR) is 419 cm³/mol. The Morgan fingerprint density at radius 1 is 0.202 bits per heavy atom. The third-order valence-electron chi connectivity index (χ3n) is 20.9. The lowest BCUT2D eigenvalue weighted by Crippen LogP contribution is -2.61. The van der Waals surface area contributed by atoms with Gasteiger partial charge in [0.15, 0.2) is 0 Å². The number of benzene rings is 16. The molecule has 2 aromatic heterocycles. The summed E-state index contributed by atoms with van der Waals surface area (Å²) < 4.78 is 4.97. The van der Waals surface area contributed by atoms with Crippen molar-refractivity contribution < 1.29 is 0 Å². The molecular weight excluding hydrogens is 1200 g/mol. The fraction of sp³-hybridized carbons (Fsp3) is 0. The maximum Gasteiger partial charge on any atom is 0.252 e. The van der Waals surface area contributed by atoms with Crippen LogP contribution in [0, 0.1) is 0 Å². The first-order valence-electron chi connectivity index (χ1n) is 34.3. The van der Waals surface area contributed by atoms with Crippen LogP contribution in [0.25, 0.3) is 133 Å². The Labute approximate surface area is 575 Å². The average molecular weight is 1260 g/mol. The smallest absolute Gasteiger partial charge is 0.252 e. The van der Waals surface area contributed by atoms with Crippen molar-refractivity contribution in [3.8, 4) is 78.1 Å². The van der Waals surface area contributed by atoms with Crippen LogP contribution in [0.4, 0.5) is 34.1 Å². The highest BCUT2D eigenvalue weighted by atomic mass is 15.2. The normalized spacial score (nSPS) is 12.4. The number of rotatable bonds is 10. The Balaban J connectivity index is 0.954. The highest BCUT2D eigenvalue weighted by molar-refractivity contribution is 7.00. The van der Waals surface area contributed by atoms with Crippen LogP contribution in [0.15, 0.2) is 370 Å². The van der Waals surface area contributed by atoms with Gasteiger partial charge in [-0.2, -0.15) is 0 Å². The van der Waals surface area contributed by atoms with Crippen LogP contribution in [-0.2, 0) is 0 Å². The molecule has 0 aliphatic carbocycles. The molecule has 460 valence electrons. The van der Waals surface area contributed by atoms with E-state index in [1.807, 2.05) is 0 Å². The summed E-state index contributed by atoms with van der Waals surface area (Å²) in [5.41, 5.74) is 30.8. The Kier molecular flexibility index (Phi) is 13.0. The highest BCUT2D eigenvalue weighted by Crippen LogP contribution is 2.54. The lowest BCUT2D eigenvalue weighted by atomic mass is 9.33. The van der Waals surface area contributed by atoms with Gasteiger partial charge >= 0.3 is 0 Å². The molecule has 0 saturated heterocycles. The minimum absolute atomic E-state index is 0.247. The van der Waals surface area contributed by atoms with E-state index in [1.54, 1.807) is 0 Å². The third-order valence-corrected chi connectivity index (χ3v) is 20.9. The van der Waals surface area contributed by atoms with Crippen molar-refractivity contribution in [2.24, 2.45) is 0 Å². The second kappa shape index (κ2) is 22.9. The van der Waals surface area contributed by atoms with E-state index in [4.69, 9.17) is 0 Å². The van der Waals surface area contributed by atoms with Crippen LogP contribution < -0.4 is 26.2 Å². The summed E-state index contributed by atoms with van der Waals surface area (Å²) in [4.78, 5) is 5.36. The second-order valence-electron chi connectivity index (χ2n) is 26.2. The summed E-state index contributed by atoms with van der Waals surface area (Å²) in [6.07, 6.45) is 0. The molecule has 0 radical (unpaired) electrons. The zero-order valence-corrected chi connectivity index (χ0v) is 54.1. The summed E-state index contributed by atoms with van der Waals surface area (Å²) in [5.74, 6) is 0. The zero-order chi connectivity index (χ0) is 65.1. The molecule has 0 amide bonds. The van der Waals surface area contributed by atoms with Crippen LogP contribution in [0.3, 0.4) is 0 Å². The largest absolute Gasteiger partial charge is 0.310 e. The zero-order valence-electron chi connectivity index (χ0n) is 54.1. The first kappa shape index (κ1) is 56.4. The maximum atomic E-state index is 2.68. The van der Waals surface area contributed by atoms with Gasteiger partial charge in [0.25, 0.3) is 6.71 Å². The van der Waals surface area contributed by atoms with Crippen molar-refractivity contribution >= 4 is 112 Å². The van der Waals surface area contributed by atoms with E-state index in [1.165, 1.54) is 59.8 Å². The number of anilines is 6. The second-order valence-corrected chi connectivity index (χ2v) is 26.2. The minimum Gasteiger partial charge on any atom is -0.310 e. The van der Waals surface area contributed by atoms with Gasteiger partial charge in [-0.05, 0) is 132 Å². The minimum atomic E-state index is -0.247. The Morgan fingerprint density at radius 2 is 0.515 bits per heavy atom. The van der Waals surface area contributed by atoms with E-state index in [-0.39, 0.29) is 6.71 Å². The first-order chi connectivity index (χ1) is 49.2. The maximum absolute atomic E-state index is 2.68. The molecule has 99 heavy (non-hydrogen) atoms. The fourth-order valence-corrected chi connectivity index (χ4v) is 16.6. The van der Waals surface area contributed by atoms with Gasteiger partial charge in [-0.25, -0.2) is 0 Å². The molecule has 0 fully saturated rings. The third kappa shape index (κ3) is 8.95. The van der Waals surface area contributed by atoms with Crippen LogP contribution in [0.5, 0.6) is 0 Å². The van der Waals surface area contributed by atoms with E-state index in [9.17, 15) is 0 Å². The molecule has 5 heteroatoms. The topological polar surface area (TPSA) is 16.3 Å². The molecule has 0 spiro atoms. The summed E-state index contributed by atoms with van der Waals surface area (Å²) in [6.45, 7) is -0.247. The quantitative estimate of drug-likeness (QED) is 0.127. The standard InChI is InChI=1S/C94H61BN4/c1-5-26-64(27-6-1)74-42-24-43-75(65-28-7-2-8-29-65)93(74)98-88-60-70(96-84-46-19-15-37-78(84)79-38-16-20-47-85(79)96)54-56-82(88)95-83-57-55-71(97-86-48-21-17-39-80(86)81-40-18-22-49-87(81)97)61-89(83)99(94-76(66-30-9-3-10-31-66)44-25-45-77(94)67-32-11-4-12-33-67)91-59-69(58-90(98)92(91)95)62-50-52-68(53-51-62)73-41-23-35-63-34-13-14-36-72(63)73/h1-61H. The number of nitrogens with zero attached hydrogens (tertiary/aromatic N) is 4. The van der Waals surface area contributed by atoms with E-state index >= 15 is 0 Å².